The Kier molecular flexibility index (Phi) is 11.3. The van der Waals surface area contributed by atoms with Crippen LogP contribution in [-0.2, 0) is 11.2 Å². The molecule has 48 heavy (non-hydrogen) atoms. The van der Waals surface area contributed by atoms with Gasteiger partial charge in [-0.25, -0.2) is 9.59 Å². The molecule has 6 rings (SSSR count). The average Bonchev–Trinajstić information content (AvgIpc) is 3.51. The molecular weight excluding hydrogens is 738 g/mol. The van der Waals surface area contributed by atoms with Crippen LogP contribution in [0.4, 0.5) is 10.5 Å². The minimum atomic E-state index is -0.706. The number of hydrogen-bond donors (Lipinski definition) is 3. The molecule has 0 spiro atoms. The monoisotopic (exact) mass is 783 g/mol. The van der Waals surface area contributed by atoms with Crippen molar-refractivity contribution >= 4 is 49.5 Å². The third-order valence-corrected chi connectivity index (χ3v) is 12.1. The molecule has 3 fully saturated rings. The second-order valence-corrected chi connectivity index (χ2v) is 15.3. The number of aromatic nitrogens is 2. The number of carbonyl (C=O) groups excluding carboxylic acids is 2. The van der Waals surface area contributed by atoms with Crippen molar-refractivity contribution in [2.45, 2.75) is 64.0 Å². The van der Waals surface area contributed by atoms with Crippen molar-refractivity contribution in [3.8, 4) is 11.3 Å². The molecule has 3 saturated heterocycles. The highest BCUT2D eigenvalue weighted by atomic mass is 79.9. The van der Waals surface area contributed by atoms with Crippen LogP contribution in [0.3, 0.4) is 0 Å². The van der Waals surface area contributed by atoms with Gasteiger partial charge in [-0.1, -0.05) is 37.3 Å². The molecule has 2 aromatic carbocycles. The Balaban J connectivity index is 1.09. The van der Waals surface area contributed by atoms with Crippen LogP contribution in [-0.4, -0.2) is 88.0 Å². The van der Waals surface area contributed by atoms with E-state index in [9.17, 15) is 14.4 Å². The van der Waals surface area contributed by atoms with Crippen molar-refractivity contribution in [1.82, 2.24) is 29.6 Å². The standard InChI is InChI=1S/C36H47Br2N7O3/c1-2-42-14-8-25(9-15-42)26-10-16-43(17-11-26)34(46)31(22-24-20-29(37)33(39)30(38)21-24)40-35(47)44-18-12-28(13-19-44)45-23-32(41-36(45)48)27-6-4-3-5-7-27/h3-7,20-21,23,25-26,28,31H,2,8-19,22,39H2,1H3,(H,40,47)(H,41,48)/t31-/m1/s1. The van der Waals surface area contributed by atoms with E-state index >= 15 is 0 Å². The molecule has 4 N–H and O–H groups in total. The number of halogens is 2. The molecule has 0 radical (unpaired) electrons. The van der Waals surface area contributed by atoms with Gasteiger partial charge in [0.25, 0.3) is 0 Å². The number of nitrogens with two attached hydrogens (primary N) is 1. The summed E-state index contributed by atoms with van der Waals surface area (Å²) in [6, 6.07) is 12.7. The summed E-state index contributed by atoms with van der Waals surface area (Å²) in [5.41, 5.74) is 9.25. The van der Waals surface area contributed by atoms with E-state index in [-0.39, 0.29) is 23.7 Å². The second-order valence-electron chi connectivity index (χ2n) is 13.6. The molecule has 0 unspecified atom stereocenters. The zero-order valence-corrected chi connectivity index (χ0v) is 30.8. The highest BCUT2D eigenvalue weighted by Crippen LogP contribution is 2.34. The van der Waals surface area contributed by atoms with Gasteiger partial charge in [0.2, 0.25) is 5.91 Å². The number of rotatable bonds is 8. The number of amides is 3. The van der Waals surface area contributed by atoms with Crippen LogP contribution in [0.2, 0.25) is 0 Å². The van der Waals surface area contributed by atoms with E-state index < -0.39 is 6.04 Å². The van der Waals surface area contributed by atoms with Crippen LogP contribution in [0.5, 0.6) is 0 Å². The smallest absolute Gasteiger partial charge is 0.326 e. The van der Waals surface area contributed by atoms with E-state index in [1.54, 1.807) is 9.47 Å². The van der Waals surface area contributed by atoms with E-state index in [2.05, 4.69) is 54.0 Å². The Hall–Kier alpha value is -3.09. The molecule has 1 aromatic heterocycles. The molecule has 3 aliphatic rings. The maximum Gasteiger partial charge on any atom is 0.326 e. The average molecular weight is 786 g/mol. The van der Waals surface area contributed by atoms with Crippen molar-refractivity contribution in [3.05, 3.63) is 73.7 Å². The van der Waals surface area contributed by atoms with E-state index in [4.69, 9.17) is 5.73 Å². The molecule has 4 heterocycles. The number of hydrogen-bond acceptors (Lipinski definition) is 5. The minimum absolute atomic E-state index is 0.00678. The molecule has 0 saturated carbocycles. The highest BCUT2D eigenvalue weighted by molar-refractivity contribution is 9.11. The second kappa shape index (κ2) is 15.6. The van der Waals surface area contributed by atoms with Gasteiger partial charge in [0.15, 0.2) is 0 Å². The summed E-state index contributed by atoms with van der Waals surface area (Å²) < 4.78 is 3.26. The first-order valence-corrected chi connectivity index (χ1v) is 18.9. The number of piperidine rings is 3. The van der Waals surface area contributed by atoms with Gasteiger partial charge in [-0.15, -0.1) is 0 Å². The Labute approximate surface area is 299 Å². The first-order valence-electron chi connectivity index (χ1n) is 17.4. The van der Waals surface area contributed by atoms with Gasteiger partial charge in [-0.3, -0.25) is 9.36 Å². The van der Waals surface area contributed by atoms with Gasteiger partial charge >= 0.3 is 11.7 Å². The van der Waals surface area contributed by atoms with Crippen LogP contribution in [0.1, 0.15) is 57.1 Å². The number of aromatic amines is 1. The number of benzene rings is 2. The number of nitrogens with zero attached hydrogens (tertiary/aromatic N) is 4. The molecule has 1 atom stereocenters. The van der Waals surface area contributed by atoms with Crippen LogP contribution in [0.15, 0.2) is 62.4 Å². The van der Waals surface area contributed by atoms with Gasteiger partial charge in [-0.2, -0.15) is 0 Å². The Morgan fingerprint density at radius 3 is 2.08 bits per heavy atom. The van der Waals surface area contributed by atoms with E-state index in [1.807, 2.05) is 53.6 Å². The number of imidazole rings is 1. The number of nitrogen functional groups attached to an aromatic ring is 1. The minimum Gasteiger partial charge on any atom is -0.397 e. The lowest BCUT2D eigenvalue weighted by atomic mass is 9.78. The summed E-state index contributed by atoms with van der Waals surface area (Å²) in [5, 5.41) is 3.12. The summed E-state index contributed by atoms with van der Waals surface area (Å²) in [4.78, 5) is 49.9. The number of anilines is 1. The summed E-state index contributed by atoms with van der Waals surface area (Å²) in [7, 11) is 0. The van der Waals surface area contributed by atoms with Gasteiger partial charge < -0.3 is 30.7 Å². The SMILES string of the molecule is CCN1CCC(C2CCN(C(=O)[C@@H](Cc3cc(Br)c(N)c(Br)c3)NC(=O)N3CCC(n4cc(-c5ccccc5)[nH]c4=O)CC3)CC2)CC1. The van der Waals surface area contributed by atoms with Crippen molar-refractivity contribution < 1.29 is 9.59 Å². The molecule has 3 aliphatic heterocycles. The van der Waals surface area contributed by atoms with Gasteiger partial charge in [-0.05, 0) is 125 Å². The number of nitrogens with one attached hydrogen (secondary N) is 2. The number of H-pyrrole nitrogens is 1. The van der Waals surface area contributed by atoms with E-state index in [0.29, 0.717) is 44.0 Å². The first kappa shape index (κ1) is 34.8. The maximum atomic E-state index is 14.1. The lowest BCUT2D eigenvalue weighted by Crippen LogP contribution is -2.55. The number of urea groups is 1. The third-order valence-electron chi connectivity index (χ3n) is 10.7. The fourth-order valence-electron chi connectivity index (χ4n) is 7.78. The van der Waals surface area contributed by atoms with E-state index in [1.165, 1.54) is 25.9 Å². The van der Waals surface area contributed by atoms with Gasteiger partial charge in [0.05, 0.1) is 11.4 Å². The molecule has 3 amide bonds. The van der Waals surface area contributed by atoms with Crippen LogP contribution in [0.25, 0.3) is 11.3 Å². The summed E-state index contributed by atoms with van der Waals surface area (Å²) in [5.74, 6) is 1.36. The van der Waals surface area contributed by atoms with Crippen molar-refractivity contribution in [1.29, 1.82) is 0 Å². The summed E-state index contributed by atoms with van der Waals surface area (Å²) >= 11 is 7.07. The maximum absolute atomic E-state index is 14.1. The normalized spacial score (nSPS) is 19.4. The molecule has 12 heteroatoms. The highest BCUT2D eigenvalue weighted by Gasteiger charge is 2.35. The lowest BCUT2D eigenvalue weighted by Gasteiger charge is -2.41. The lowest BCUT2D eigenvalue weighted by molar-refractivity contribution is -0.135. The van der Waals surface area contributed by atoms with Crippen LogP contribution < -0.4 is 16.7 Å². The van der Waals surface area contributed by atoms with Crippen molar-refractivity contribution in [2.24, 2.45) is 11.8 Å². The summed E-state index contributed by atoms with van der Waals surface area (Å²) in [6.45, 7) is 8.14. The fourth-order valence-corrected chi connectivity index (χ4v) is 9.06. The molecular formula is C36H47Br2N7O3. The predicted octanol–water partition coefficient (Wildman–Crippen LogP) is 5.88. The largest absolute Gasteiger partial charge is 0.397 e. The Bertz CT molecular complexity index is 1600. The third kappa shape index (κ3) is 8.03. The summed E-state index contributed by atoms with van der Waals surface area (Å²) in [6.07, 6.45) is 8.06. The molecule has 0 aliphatic carbocycles. The van der Waals surface area contributed by atoms with Crippen LogP contribution >= 0.6 is 31.9 Å². The van der Waals surface area contributed by atoms with Gasteiger partial charge in [0, 0.05) is 53.8 Å². The molecule has 0 bridgehead atoms. The molecule has 10 nitrogen and oxygen atoms in total. The fraction of sp³-hybridized carbons (Fsp3) is 0.528. The number of likely N-dealkylation sites (tertiary alicyclic amines) is 3. The van der Waals surface area contributed by atoms with Crippen LogP contribution in [0, 0.1) is 11.8 Å². The predicted molar refractivity (Wildman–Crippen MR) is 197 cm³/mol. The topological polar surface area (TPSA) is 120 Å². The Morgan fingerprint density at radius 2 is 1.48 bits per heavy atom. The quantitative estimate of drug-likeness (QED) is 0.247. The number of carbonyl (C=O) groups is 2. The van der Waals surface area contributed by atoms with Gasteiger partial charge in [0.1, 0.15) is 6.04 Å². The molecule has 3 aromatic rings. The Morgan fingerprint density at radius 1 is 0.896 bits per heavy atom. The first-order chi connectivity index (χ1) is 23.2. The zero-order valence-electron chi connectivity index (χ0n) is 27.7. The van der Waals surface area contributed by atoms with Crippen molar-refractivity contribution in [2.75, 3.05) is 51.5 Å². The zero-order chi connectivity index (χ0) is 33.8. The van der Waals surface area contributed by atoms with Crippen molar-refractivity contribution in [3.63, 3.8) is 0 Å². The molecule has 258 valence electrons. The van der Waals surface area contributed by atoms with E-state index in [0.717, 1.165) is 64.2 Å².